The molecule has 2 atom stereocenters. The summed E-state index contributed by atoms with van der Waals surface area (Å²) in [5.74, 6) is 0.186. The molecule has 1 aliphatic rings. The predicted octanol–water partition coefficient (Wildman–Crippen LogP) is 3.77. The Balaban J connectivity index is 1.51. The monoisotopic (exact) mass is 469 g/mol. The molecular weight excluding hydrogens is 445 g/mol. The third kappa shape index (κ3) is 5.81. The fourth-order valence-electron chi connectivity index (χ4n) is 4.24. The van der Waals surface area contributed by atoms with Crippen molar-refractivity contribution in [2.75, 3.05) is 26.4 Å². The summed E-state index contributed by atoms with van der Waals surface area (Å²) in [6.07, 6.45) is 2.50. The van der Waals surface area contributed by atoms with Crippen LogP contribution in [0.1, 0.15) is 45.1 Å². The number of amides is 1. The molecule has 1 fully saturated rings. The molecule has 2 heterocycles. The van der Waals surface area contributed by atoms with Crippen molar-refractivity contribution in [1.82, 2.24) is 15.2 Å². The summed E-state index contributed by atoms with van der Waals surface area (Å²) in [4.78, 5) is 19.3. The van der Waals surface area contributed by atoms with Crippen LogP contribution in [0, 0.1) is 22.7 Å². The number of pyridine rings is 1. The second-order valence-electron chi connectivity index (χ2n) is 8.25. The lowest BCUT2D eigenvalue weighted by Gasteiger charge is -2.29. The van der Waals surface area contributed by atoms with E-state index in [9.17, 15) is 14.4 Å². The fraction of sp³-hybridized carbons (Fsp3) is 0.259. The highest BCUT2D eigenvalue weighted by molar-refractivity contribution is 5.94. The van der Waals surface area contributed by atoms with Crippen molar-refractivity contribution in [2.24, 2.45) is 0 Å². The number of hydrogen-bond acceptors (Lipinski definition) is 6. The summed E-state index contributed by atoms with van der Waals surface area (Å²) in [5, 5.41) is 21.2. The molecule has 1 aliphatic heterocycles. The van der Waals surface area contributed by atoms with Crippen molar-refractivity contribution in [3.05, 3.63) is 94.7 Å². The Bertz CT molecular complexity index is 1230. The number of ether oxygens (including phenoxy) is 1. The summed E-state index contributed by atoms with van der Waals surface area (Å²) in [6.45, 7) is 0.759. The first-order valence-electron chi connectivity index (χ1n) is 11.3. The maximum absolute atomic E-state index is 12.7. The van der Waals surface area contributed by atoms with Crippen LogP contribution >= 0.6 is 0 Å². The molecule has 0 spiro atoms. The highest BCUT2D eigenvalue weighted by Crippen LogP contribution is 2.32. The Morgan fingerprint density at radius 2 is 1.71 bits per heavy atom. The highest BCUT2D eigenvalue weighted by Gasteiger charge is 2.31. The van der Waals surface area contributed by atoms with Gasteiger partial charge in [0.25, 0.3) is 5.91 Å². The van der Waals surface area contributed by atoms with Crippen LogP contribution in [0.4, 0.5) is 4.39 Å². The third-order valence-corrected chi connectivity index (χ3v) is 5.95. The van der Waals surface area contributed by atoms with Gasteiger partial charge >= 0.3 is 0 Å². The first-order chi connectivity index (χ1) is 17.1. The summed E-state index contributed by atoms with van der Waals surface area (Å²) in [7, 11) is 0. The van der Waals surface area contributed by atoms with E-state index in [0.29, 0.717) is 29.1 Å². The number of nitrogens with one attached hydrogen (secondary N) is 1. The second kappa shape index (κ2) is 11.2. The van der Waals surface area contributed by atoms with Gasteiger partial charge in [-0.3, -0.25) is 9.69 Å². The first kappa shape index (κ1) is 23.9. The summed E-state index contributed by atoms with van der Waals surface area (Å²) < 4.78 is 17.7. The van der Waals surface area contributed by atoms with Crippen molar-refractivity contribution in [3.8, 4) is 18.0 Å². The number of alkyl halides is 1. The Hall–Kier alpha value is -4.27. The zero-order valence-electron chi connectivity index (χ0n) is 19.0. The molecule has 35 heavy (non-hydrogen) atoms. The highest BCUT2D eigenvalue weighted by atomic mass is 19.1. The van der Waals surface area contributed by atoms with Gasteiger partial charge < -0.3 is 10.1 Å². The Morgan fingerprint density at radius 3 is 2.31 bits per heavy atom. The minimum Gasteiger partial charge on any atom is -0.475 e. The zero-order chi connectivity index (χ0) is 24.6. The average Bonchev–Trinajstić information content (AvgIpc) is 3.36. The number of rotatable bonds is 8. The number of hydrogen-bond donors (Lipinski definition) is 1. The van der Waals surface area contributed by atoms with E-state index < -0.39 is 6.67 Å². The van der Waals surface area contributed by atoms with Crippen molar-refractivity contribution in [3.63, 3.8) is 0 Å². The van der Waals surface area contributed by atoms with E-state index >= 15 is 0 Å². The molecule has 0 aliphatic carbocycles. The van der Waals surface area contributed by atoms with Gasteiger partial charge in [-0.1, -0.05) is 18.2 Å². The molecule has 1 amide bonds. The van der Waals surface area contributed by atoms with Crippen LogP contribution in [-0.2, 0) is 0 Å². The van der Waals surface area contributed by atoms with Crippen LogP contribution in [0.5, 0.6) is 5.88 Å². The van der Waals surface area contributed by atoms with Crippen molar-refractivity contribution in [1.29, 1.82) is 10.5 Å². The SMILES string of the molecule is N#Cc1ccc(C(=O)NC2CCN(C(c3ccc(C#N)cc3)c3ccc(OCCF)nc3)C2)cc1. The molecule has 8 heteroatoms. The molecule has 0 radical (unpaired) electrons. The first-order valence-corrected chi connectivity index (χ1v) is 11.3. The fourth-order valence-corrected chi connectivity index (χ4v) is 4.24. The number of carbonyl (C=O) groups is 1. The normalized spacial score (nSPS) is 16.1. The topological polar surface area (TPSA) is 102 Å². The maximum atomic E-state index is 12.7. The van der Waals surface area contributed by atoms with Crippen molar-refractivity contribution in [2.45, 2.75) is 18.5 Å². The molecule has 7 nitrogen and oxygen atoms in total. The van der Waals surface area contributed by atoms with Crippen LogP contribution in [-0.4, -0.2) is 48.2 Å². The number of nitrogens with zero attached hydrogens (tertiary/aromatic N) is 4. The van der Waals surface area contributed by atoms with Crippen LogP contribution in [0.2, 0.25) is 0 Å². The molecule has 0 saturated carbocycles. The minimum absolute atomic E-state index is 0.0425. The quantitative estimate of drug-likeness (QED) is 0.539. The van der Waals surface area contributed by atoms with Gasteiger partial charge in [-0.25, -0.2) is 9.37 Å². The number of nitriles is 2. The minimum atomic E-state index is -0.583. The molecular formula is C27H24FN5O2. The smallest absolute Gasteiger partial charge is 0.251 e. The van der Waals surface area contributed by atoms with Crippen molar-refractivity contribution >= 4 is 5.91 Å². The zero-order valence-corrected chi connectivity index (χ0v) is 19.0. The van der Waals surface area contributed by atoms with Gasteiger partial charge in [-0.2, -0.15) is 10.5 Å². The predicted molar refractivity (Wildman–Crippen MR) is 127 cm³/mol. The van der Waals surface area contributed by atoms with Gasteiger partial charge in [-0.05, 0) is 53.9 Å². The van der Waals surface area contributed by atoms with Gasteiger partial charge in [0, 0.05) is 37.0 Å². The van der Waals surface area contributed by atoms with Crippen LogP contribution in [0.15, 0.2) is 66.9 Å². The summed E-state index contributed by atoms with van der Waals surface area (Å²) in [6, 6.07) is 21.6. The lowest BCUT2D eigenvalue weighted by atomic mass is 9.97. The van der Waals surface area contributed by atoms with E-state index in [4.69, 9.17) is 10.00 Å². The lowest BCUT2D eigenvalue weighted by Crippen LogP contribution is -2.38. The van der Waals surface area contributed by atoms with E-state index in [2.05, 4.69) is 27.3 Å². The molecule has 1 N–H and O–H groups in total. The van der Waals surface area contributed by atoms with E-state index in [1.165, 1.54) is 0 Å². The summed E-state index contributed by atoms with van der Waals surface area (Å²) in [5.41, 5.74) is 3.53. The molecule has 1 aromatic heterocycles. The maximum Gasteiger partial charge on any atom is 0.251 e. The number of aromatic nitrogens is 1. The van der Waals surface area contributed by atoms with Gasteiger partial charge in [0.15, 0.2) is 0 Å². The van der Waals surface area contributed by atoms with E-state index in [1.807, 2.05) is 18.2 Å². The Labute approximate surface area is 203 Å². The Morgan fingerprint density at radius 1 is 1.06 bits per heavy atom. The van der Waals surface area contributed by atoms with Crippen molar-refractivity contribution < 1.29 is 13.9 Å². The summed E-state index contributed by atoms with van der Waals surface area (Å²) >= 11 is 0. The van der Waals surface area contributed by atoms with E-state index in [-0.39, 0.29) is 24.6 Å². The van der Waals surface area contributed by atoms with Gasteiger partial charge in [0.2, 0.25) is 5.88 Å². The van der Waals surface area contributed by atoms with E-state index in [0.717, 1.165) is 24.1 Å². The lowest BCUT2D eigenvalue weighted by molar-refractivity contribution is 0.0937. The number of carbonyl (C=O) groups excluding carboxylic acids is 1. The number of benzene rings is 2. The van der Waals surface area contributed by atoms with E-state index in [1.54, 1.807) is 48.7 Å². The number of likely N-dealkylation sites (tertiary alicyclic amines) is 1. The van der Waals surface area contributed by atoms with Gasteiger partial charge in [0.05, 0.1) is 29.3 Å². The van der Waals surface area contributed by atoms with Gasteiger partial charge in [0.1, 0.15) is 13.3 Å². The third-order valence-electron chi connectivity index (χ3n) is 5.95. The molecule has 3 aromatic rings. The molecule has 2 unspecified atom stereocenters. The molecule has 2 aromatic carbocycles. The van der Waals surface area contributed by atoms with Gasteiger partial charge in [-0.15, -0.1) is 0 Å². The average molecular weight is 470 g/mol. The molecule has 0 bridgehead atoms. The largest absolute Gasteiger partial charge is 0.475 e. The van der Waals surface area contributed by atoms with Crippen LogP contribution in [0.3, 0.4) is 0 Å². The Kier molecular flexibility index (Phi) is 7.67. The second-order valence-corrected chi connectivity index (χ2v) is 8.25. The number of halogens is 1. The van der Waals surface area contributed by atoms with Crippen LogP contribution < -0.4 is 10.1 Å². The standard InChI is InChI=1S/C27H24FN5O2/c28-12-14-35-25-10-9-23(17-31-25)26(21-5-1-19(15-29)2-6-21)33-13-11-24(18-33)32-27(34)22-7-3-20(16-30)4-8-22/h1-10,17,24,26H,11-14,18H2,(H,32,34). The molecule has 4 rings (SSSR count). The molecule has 1 saturated heterocycles. The van der Waals surface area contributed by atoms with Crippen LogP contribution in [0.25, 0.3) is 0 Å². The molecule has 176 valence electrons.